The molecule has 1 aromatic carbocycles. The molecular weight excluding hydrogens is 313 g/mol. The van der Waals surface area contributed by atoms with Crippen molar-refractivity contribution < 1.29 is 8.91 Å². The lowest BCUT2D eigenvalue weighted by Crippen LogP contribution is -2.21. The Morgan fingerprint density at radius 1 is 1.21 bits per heavy atom. The number of nitrogens with one attached hydrogen (secondary N) is 1. The minimum atomic E-state index is -0.308. The van der Waals surface area contributed by atoms with Crippen LogP contribution in [0.1, 0.15) is 50.3 Å². The van der Waals surface area contributed by atoms with E-state index in [0.29, 0.717) is 29.8 Å². The van der Waals surface area contributed by atoms with Crippen LogP contribution in [0.25, 0.3) is 5.69 Å². The molecule has 3 rings (SSSR count). The zero-order chi connectivity index (χ0) is 17.1. The monoisotopic (exact) mass is 331 g/mol. The fraction of sp³-hybridized carbons (Fsp3) is 0.400. The van der Waals surface area contributed by atoms with Gasteiger partial charge in [-0.1, -0.05) is 19.0 Å². The molecule has 2 aromatic heterocycles. The van der Waals surface area contributed by atoms with Gasteiger partial charge in [-0.05, 0) is 41.6 Å². The van der Waals surface area contributed by atoms with Crippen molar-refractivity contribution in [2.75, 3.05) is 0 Å². The highest BCUT2D eigenvalue weighted by Crippen LogP contribution is 2.15. The van der Waals surface area contributed by atoms with Crippen molar-refractivity contribution in [1.29, 1.82) is 0 Å². The molecule has 1 N–H and O–H groups in total. The Morgan fingerprint density at radius 2 is 1.96 bits per heavy atom. The van der Waals surface area contributed by atoms with Crippen molar-refractivity contribution in [3.63, 3.8) is 0 Å². The molecule has 1 unspecified atom stereocenters. The molecule has 0 saturated heterocycles. The smallest absolute Gasteiger partial charge is 0.243 e. The van der Waals surface area contributed by atoms with Gasteiger partial charge in [0.2, 0.25) is 5.89 Å². The van der Waals surface area contributed by atoms with Crippen LogP contribution in [0, 0.1) is 5.82 Å². The van der Waals surface area contributed by atoms with Gasteiger partial charge in [0, 0.05) is 5.92 Å². The predicted octanol–water partition coefficient (Wildman–Crippen LogP) is 2.16. The third-order valence-electron chi connectivity index (χ3n) is 3.52. The maximum absolute atomic E-state index is 13.0. The summed E-state index contributed by atoms with van der Waals surface area (Å²) in [5.41, 5.74) is 0.686. The van der Waals surface area contributed by atoms with Crippen molar-refractivity contribution in [2.24, 2.45) is 0 Å². The van der Waals surface area contributed by atoms with E-state index < -0.39 is 0 Å². The van der Waals surface area contributed by atoms with Crippen molar-refractivity contribution in [1.82, 2.24) is 35.7 Å². The van der Waals surface area contributed by atoms with Gasteiger partial charge >= 0.3 is 0 Å². The maximum Gasteiger partial charge on any atom is 0.243 e. The first-order chi connectivity index (χ1) is 11.5. The second-order valence-electron chi connectivity index (χ2n) is 5.73. The van der Waals surface area contributed by atoms with Crippen molar-refractivity contribution in [2.45, 2.75) is 39.3 Å². The van der Waals surface area contributed by atoms with Crippen LogP contribution in [0.4, 0.5) is 4.39 Å². The topological polar surface area (TPSA) is 94.5 Å². The quantitative estimate of drug-likeness (QED) is 0.739. The zero-order valence-electron chi connectivity index (χ0n) is 13.6. The molecule has 3 aromatic rings. The van der Waals surface area contributed by atoms with E-state index in [2.05, 4.69) is 31.0 Å². The second kappa shape index (κ2) is 6.83. The fourth-order valence-corrected chi connectivity index (χ4v) is 2.09. The molecule has 9 heteroatoms. The van der Waals surface area contributed by atoms with E-state index in [1.807, 2.05) is 20.8 Å². The van der Waals surface area contributed by atoms with E-state index in [-0.39, 0.29) is 17.8 Å². The van der Waals surface area contributed by atoms with Crippen molar-refractivity contribution in [3.8, 4) is 5.69 Å². The minimum absolute atomic E-state index is 0.150. The minimum Gasteiger partial charge on any atom is -0.338 e. The van der Waals surface area contributed by atoms with E-state index in [1.165, 1.54) is 12.1 Å². The van der Waals surface area contributed by atoms with Gasteiger partial charge in [-0.3, -0.25) is 5.32 Å². The molecule has 0 amide bonds. The van der Waals surface area contributed by atoms with E-state index in [0.717, 1.165) is 0 Å². The molecule has 0 aliphatic rings. The summed E-state index contributed by atoms with van der Waals surface area (Å²) in [5, 5.41) is 18.8. The third-order valence-corrected chi connectivity index (χ3v) is 3.52. The molecule has 0 spiro atoms. The van der Waals surface area contributed by atoms with Gasteiger partial charge in [0.15, 0.2) is 11.6 Å². The summed E-state index contributed by atoms with van der Waals surface area (Å²) in [7, 11) is 0. The lowest BCUT2D eigenvalue weighted by atomic mass is 10.2. The number of nitrogens with zero attached hydrogens (tertiary/aromatic N) is 6. The summed E-state index contributed by atoms with van der Waals surface area (Å²) in [6, 6.07) is 5.81. The Bertz CT molecular complexity index is 796. The van der Waals surface area contributed by atoms with E-state index >= 15 is 0 Å². The van der Waals surface area contributed by atoms with Crippen LogP contribution in [0.5, 0.6) is 0 Å². The van der Waals surface area contributed by atoms with Crippen LogP contribution in [0.2, 0.25) is 0 Å². The first-order valence-corrected chi connectivity index (χ1v) is 7.64. The van der Waals surface area contributed by atoms with Gasteiger partial charge in [0.1, 0.15) is 5.82 Å². The predicted molar refractivity (Wildman–Crippen MR) is 82.8 cm³/mol. The van der Waals surface area contributed by atoms with Crippen LogP contribution < -0.4 is 5.32 Å². The fourth-order valence-electron chi connectivity index (χ4n) is 2.09. The normalized spacial score (nSPS) is 12.7. The van der Waals surface area contributed by atoms with Crippen LogP contribution in [-0.4, -0.2) is 30.3 Å². The molecule has 24 heavy (non-hydrogen) atoms. The first-order valence-electron chi connectivity index (χ1n) is 7.64. The van der Waals surface area contributed by atoms with Gasteiger partial charge in [-0.25, -0.2) is 4.39 Å². The lowest BCUT2D eigenvalue weighted by molar-refractivity contribution is 0.333. The Hall–Kier alpha value is -2.68. The number of benzene rings is 1. The Kier molecular flexibility index (Phi) is 4.61. The van der Waals surface area contributed by atoms with Crippen LogP contribution in [0.3, 0.4) is 0 Å². The Balaban J connectivity index is 1.68. The SMILES string of the molecule is CC(C)c1noc(C(C)NCc2nnnn2-c2ccc(F)cc2)n1. The van der Waals surface area contributed by atoms with Crippen LogP contribution in [-0.2, 0) is 6.54 Å². The van der Waals surface area contributed by atoms with Gasteiger partial charge in [0.05, 0.1) is 18.3 Å². The third kappa shape index (κ3) is 3.46. The van der Waals surface area contributed by atoms with E-state index in [4.69, 9.17) is 4.52 Å². The maximum atomic E-state index is 13.0. The highest BCUT2D eigenvalue weighted by atomic mass is 19.1. The van der Waals surface area contributed by atoms with Gasteiger partial charge in [0.25, 0.3) is 0 Å². The second-order valence-corrected chi connectivity index (χ2v) is 5.73. The Morgan fingerprint density at radius 3 is 2.62 bits per heavy atom. The van der Waals surface area contributed by atoms with Crippen LogP contribution >= 0.6 is 0 Å². The summed E-state index contributed by atoms with van der Waals surface area (Å²) in [5.74, 6) is 1.68. The average molecular weight is 331 g/mol. The summed E-state index contributed by atoms with van der Waals surface area (Å²) < 4.78 is 19.8. The highest BCUT2D eigenvalue weighted by Gasteiger charge is 2.17. The Labute approximate surface area is 138 Å². The molecular formula is C15H18FN7O. The molecule has 0 saturated carbocycles. The number of rotatable bonds is 6. The number of hydrogen-bond acceptors (Lipinski definition) is 7. The molecule has 2 heterocycles. The molecule has 8 nitrogen and oxygen atoms in total. The number of tetrazole rings is 1. The van der Waals surface area contributed by atoms with Gasteiger partial charge < -0.3 is 4.52 Å². The standard InChI is InChI=1S/C15H18FN7O/c1-9(2)14-18-15(24-20-14)10(3)17-8-13-19-21-22-23(13)12-6-4-11(16)5-7-12/h4-7,9-10,17H,8H2,1-3H3. The first kappa shape index (κ1) is 16.2. The average Bonchev–Trinajstić information content (AvgIpc) is 3.23. The number of hydrogen-bond donors (Lipinski definition) is 1. The number of halogens is 1. The molecule has 0 aliphatic heterocycles. The van der Waals surface area contributed by atoms with Gasteiger partial charge in [-0.15, -0.1) is 5.10 Å². The highest BCUT2D eigenvalue weighted by molar-refractivity contribution is 5.31. The molecule has 0 bridgehead atoms. The molecule has 0 radical (unpaired) electrons. The number of aromatic nitrogens is 6. The molecule has 0 fully saturated rings. The van der Waals surface area contributed by atoms with Crippen molar-refractivity contribution >= 4 is 0 Å². The van der Waals surface area contributed by atoms with Gasteiger partial charge in [-0.2, -0.15) is 9.67 Å². The molecule has 126 valence electrons. The lowest BCUT2D eigenvalue weighted by Gasteiger charge is -2.09. The largest absolute Gasteiger partial charge is 0.338 e. The summed E-state index contributed by atoms with van der Waals surface area (Å²) >= 11 is 0. The summed E-state index contributed by atoms with van der Waals surface area (Å²) in [6.07, 6.45) is 0. The van der Waals surface area contributed by atoms with E-state index in [1.54, 1.807) is 16.8 Å². The molecule has 0 aliphatic carbocycles. The molecule has 1 atom stereocenters. The van der Waals surface area contributed by atoms with Crippen LogP contribution in [0.15, 0.2) is 28.8 Å². The van der Waals surface area contributed by atoms with E-state index in [9.17, 15) is 4.39 Å². The zero-order valence-corrected chi connectivity index (χ0v) is 13.6. The summed E-state index contributed by atoms with van der Waals surface area (Å²) in [6.45, 7) is 6.32. The van der Waals surface area contributed by atoms with Crippen molar-refractivity contribution in [3.05, 3.63) is 47.6 Å². The summed E-state index contributed by atoms with van der Waals surface area (Å²) in [4.78, 5) is 4.36.